The van der Waals surface area contributed by atoms with Gasteiger partial charge in [0, 0.05) is 25.0 Å². The first-order chi connectivity index (χ1) is 8.16. The van der Waals surface area contributed by atoms with Gasteiger partial charge in [0.15, 0.2) is 0 Å². The maximum absolute atomic E-state index is 4.39. The third-order valence-electron chi connectivity index (χ3n) is 3.90. The molecular weight excluding hydrogens is 210 g/mol. The molecule has 94 valence electrons. The number of nitrogens with one attached hydrogen (secondary N) is 1. The number of rotatable bonds is 3. The maximum Gasteiger partial charge on any atom is 0.0724 e. The summed E-state index contributed by atoms with van der Waals surface area (Å²) >= 11 is 0. The number of hydrogen-bond donors (Lipinski definition) is 1. The van der Waals surface area contributed by atoms with Crippen molar-refractivity contribution < 1.29 is 0 Å². The van der Waals surface area contributed by atoms with Crippen molar-refractivity contribution in [2.75, 3.05) is 0 Å². The molecule has 2 rings (SSSR count). The molecule has 2 unspecified atom stereocenters. The fourth-order valence-corrected chi connectivity index (χ4v) is 2.82. The molecule has 0 bridgehead atoms. The largest absolute Gasteiger partial charge is 0.308 e. The van der Waals surface area contributed by atoms with E-state index < -0.39 is 0 Å². The van der Waals surface area contributed by atoms with Crippen LogP contribution >= 0.6 is 0 Å². The minimum atomic E-state index is 0.631. The van der Waals surface area contributed by atoms with E-state index in [9.17, 15) is 0 Å². The summed E-state index contributed by atoms with van der Waals surface area (Å²) in [6.07, 6.45) is 7.79. The van der Waals surface area contributed by atoms with E-state index in [1.165, 1.54) is 19.3 Å². The standard InChI is InChI=1S/C14H23N3/c1-10-5-4-6-11(2)14(10)17-9-13-8-15-12(3)7-16-13/h7-8,10-11,14,17H,4-6,9H2,1-3H3. The molecule has 1 aliphatic carbocycles. The summed E-state index contributed by atoms with van der Waals surface area (Å²) in [5.74, 6) is 1.55. The van der Waals surface area contributed by atoms with Gasteiger partial charge in [-0.15, -0.1) is 0 Å². The van der Waals surface area contributed by atoms with E-state index in [2.05, 4.69) is 29.1 Å². The van der Waals surface area contributed by atoms with Crippen molar-refractivity contribution in [3.63, 3.8) is 0 Å². The summed E-state index contributed by atoms with van der Waals surface area (Å²) < 4.78 is 0. The summed E-state index contributed by atoms with van der Waals surface area (Å²) in [7, 11) is 0. The molecule has 3 heteroatoms. The highest BCUT2D eigenvalue weighted by atomic mass is 15.0. The van der Waals surface area contributed by atoms with Gasteiger partial charge < -0.3 is 5.32 Å². The smallest absolute Gasteiger partial charge is 0.0724 e. The first-order valence-electron chi connectivity index (χ1n) is 6.67. The van der Waals surface area contributed by atoms with Crippen molar-refractivity contribution in [3.05, 3.63) is 23.8 Å². The lowest BCUT2D eigenvalue weighted by atomic mass is 9.79. The van der Waals surface area contributed by atoms with Gasteiger partial charge in [-0.05, 0) is 31.6 Å². The molecule has 3 nitrogen and oxygen atoms in total. The van der Waals surface area contributed by atoms with Crippen LogP contribution < -0.4 is 5.32 Å². The number of hydrogen-bond acceptors (Lipinski definition) is 3. The highest BCUT2D eigenvalue weighted by Crippen LogP contribution is 2.28. The minimum absolute atomic E-state index is 0.631. The van der Waals surface area contributed by atoms with Crippen LogP contribution in [0.1, 0.15) is 44.5 Å². The third-order valence-corrected chi connectivity index (χ3v) is 3.90. The van der Waals surface area contributed by atoms with E-state index in [4.69, 9.17) is 0 Å². The summed E-state index contributed by atoms with van der Waals surface area (Å²) in [5.41, 5.74) is 2.02. The highest BCUT2D eigenvalue weighted by Gasteiger charge is 2.26. The van der Waals surface area contributed by atoms with Crippen molar-refractivity contribution in [1.29, 1.82) is 0 Å². The Hall–Kier alpha value is -0.960. The molecule has 2 atom stereocenters. The fourth-order valence-electron chi connectivity index (χ4n) is 2.82. The minimum Gasteiger partial charge on any atom is -0.308 e. The highest BCUT2D eigenvalue weighted by molar-refractivity contribution is 5.00. The van der Waals surface area contributed by atoms with Crippen LogP contribution in [0, 0.1) is 18.8 Å². The van der Waals surface area contributed by atoms with E-state index in [0.29, 0.717) is 6.04 Å². The number of aryl methyl sites for hydroxylation is 1. The van der Waals surface area contributed by atoms with Crippen molar-refractivity contribution >= 4 is 0 Å². The van der Waals surface area contributed by atoms with Gasteiger partial charge in [0.25, 0.3) is 0 Å². The number of aromatic nitrogens is 2. The predicted octanol–water partition coefficient (Wildman–Crippen LogP) is 2.70. The molecule has 0 radical (unpaired) electrons. The molecule has 1 N–H and O–H groups in total. The van der Waals surface area contributed by atoms with Crippen LogP contribution in [0.25, 0.3) is 0 Å². The first kappa shape index (κ1) is 12.5. The van der Waals surface area contributed by atoms with Crippen molar-refractivity contribution in [2.45, 2.75) is 52.6 Å². The van der Waals surface area contributed by atoms with Gasteiger partial charge in [0.05, 0.1) is 11.4 Å². The van der Waals surface area contributed by atoms with E-state index in [1.807, 2.05) is 19.3 Å². The molecule has 1 saturated carbocycles. The van der Waals surface area contributed by atoms with Crippen LogP contribution in [0.5, 0.6) is 0 Å². The zero-order valence-electron chi connectivity index (χ0n) is 11.1. The zero-order valence-corrected chi connectivity index (χ0v) is 11.1. The molecule has 1 aromatic heterocycles. The topological polar surface area (TPSA) is 37.8 Å². The van der Waals surface area contributed by atoms with Crippen molar-refractivity contribution in [1.82, 2.24) is 15.3 Å². The van der Waals surface area contributed by atoms with Crippen LogP contribution in [-0.4, -0.2) is 16.0 Å². The van der Waals surface area contributed by atoms with Gasteiger partial charge in [-0.3, -0.25) is 9.97 Å². The maximum atomic E-state index is 4.39. The van der Waals surface area contributed by atoms with Crippen molar-refractivity contribution in [2.24, 2.45) is 11.8 Å². The van der Waals surface area contributed by atoms with Crippen LogP contribution in [0.15, 0.2) is 12.4 Å². The lowest BCUT2D eigenvalue weighted by Gasteiger charge is -2.35. The molecule has 0 aromatic carbocycles. The Bertz CT molecular complexity index is 337. The predicted molar refractivity (Wildman–Crippen MR) is 69.6 cm³/mol. The molecule has 0 saturated heterocycles. The van der Waals surface area contributed by atoms with Gasteiger partial charge in [0.1, 0.15) is 0 Å². The third kappa shape index (κ3) is 3.25. The first-order valence-corrected chi connectivity index (χ1v) is 6.67. The average Bonchev–Trinajstić information content (AvgIpc) is 2.31. The Balaban J connectivity index is 1.90. The molecule has 0 aliphatic heterocycles. The molecule has 1 heterocycles. The molecule has 0 amide bonds. The molecule has 1 aliphatic rings. The summed E-state index contributed by atoms with van der Waals surface area (Å²) in [6, 6.07) is 0.631. The normalized spacial score (nSPS) is 29.2. The molecule has 1 fully saturated rings. The molecule has 0 spiro atoms. The SMILES string of the molecule is Cc1cnc(CNC2C(C)CCCC2C)cn1. The lowest BCUT2D eigenvalue weighted by Crippen LogP contribution is -2.42. The van der Waals surface area contributed by atoms with Gasteiger partial charge in [-0.1, -0.05) is 20.3 Å². The quantitative estimate of drug-likeness (QED) is 0.872. The van der Waals surface area contributed by atoms with E-state index >= 15 is 0 Å². The summed E-state index contributed by atoms with van der Waals surface area (Å²) in [6.45, 7) is 7.52. The van der Waals surface area contributed by atoms with Gasteiger partial charge >= 0.3 is 0 Å². The molecule has 17 heavy (non-hydrogen) atoms. The Morgan fingerprint density at radius 2 is 1.88 bits per heavy atom. The zero-order chi connectivity index (χ0) is 12.3. The second-order valence-corrected chi connectivity index (χ2v) is 5.44. The average molecular weight is 233 g/mol. The Kier molecular flexibility index (Phi) is 4.11. The van der Waals surface area contributed by atoms with Gasteiger partial charge in [-0.2, -0.15) is 0 Å². The van der Waals surface area contributed by atoms with Crippen LogP contribution in [0.4, 0.5) is 0 Å². The second kappa shape index (κ2) is 5.58. The Labute approximate surface area is 104 Å². The van der Waals surface area contributed by atoms with E-state index in [-0.39, 0.29) is 0 Å². The van der Waals surface area contributed by atoms with Crippen LogP contribution in [0.3, 0.4) is 0 Å². The Morgan fingerprint density at radius 1 is 1.18 bits per heavy atom. The van der Waals surface area contributed by atoms with E-state index in [0.717, 1.165) is 29.8 Å². The number of nitrogens with zero attached hydrogens (tertiary/aromatic N) is 2. The van der Waals surface area contributed by atoms with Crippen LogP contribution in [0.2, 0.25) is 0 Å². The van der Waals surface area contributed by atoms with E-state index in [1.54, 1.807) is 0 Å². The van der Waals surface area contributed by atoms with Gasteiger partial charge in [-0.25, -0.2) is 0 Å². The fraction of sp³-hybridized carbons (Fsp3) is 0.714. The Morgan fingerprint density at radius 3 is 2.47 bits per heavy atom. The monoisotopic (exact) mass is 233 g/mol. The summed E-state index contributed by atoms with van der Waals surface area (Å²) in [5, 5.41) is 3.65. The van der Waals surface area contributed by atoms with Crippen molar-refractivity contribution in [3.8, 4) is 0 Å². The molecule has 1 aromatic rings. The van der Waals surface area contributed by atoms with Gasteiger partial charge in [0.2, 0.25) is 0 Å². The lowest BCUT2D eigenvalue weighted by molar-refractivity contribution is 0.207. The molecular formula is C14H23N3. The van der Waals surface area contributed by atoms with Crippen LogP contribution in [-0.2, 0) is 6.54 Å². The second-order valence-electron chi connectivity index (χ2n) is 5.44. The summed E-state index contributed by atoms with van der Waals surface area (Å²) in [4.78, 5) is 8.67.